The predicted molar refractivity (Wildman–Crippen MR) is 89.6 cm³/mol. The van der Waals surface area contributed by atoms with Crippen LogP contribution in [-0.4, -0.2) is 48.3 Å². The highest BCUT2D eigenvalue weighted by Crippen LogP contribution is 2.37. The highest BCUT2D eigenvalue weighted by atomic mass is 16.3. The molecule has 3 nitrogen and oxygen atoms in total. The van der Waals surface area contributed by atoms with Crippen LogP contribution in [0, 0.1) is 5.41 Å². The molecule has 0 bridgehead atoms. The molecule has 1 aliphatic heterocycles. The van der Waals surface area contributed by atoms with Crippen LogP contribution in [0.1, 0.15) is 71.6 Å². The van der Waals surface area contributed by atoms with E-state index < -0.39 is 0 Å². The Morgan fingerprint density at radius 1 is 1.10 bits per heavy atom. The molecule has 0 radical (unpaired) electrons. The zero-order valence-electron chi connectivity index (χ0n) is 14.2. The van der Waals surface area contributed by atoms with Gasteiger partial charge in [0.1, 0.15) is 0 Å². The average Bonchev–Trinajstić information content (AvgIpc) is 2.72. The fourth-order valence-corrected chi connectivity index (χ4v) is 4.20. The lowest BCUT2D eigenvalue weighted by Gasteiger charge is -2.43. The quantitative estimate of drug-likeness (QED) is 0.739. The average molecular weight is 296 g/mol. The molecule has 21 heavy (non-hydrogen) atoms. The molecule has 0 aromatic carbocycles. The molecular formula is C18H36N2O. The maximum atomic E-state index is 9.69. The van der Waals surface area contributed by atoms with Crippen LogP contribution in [0.15, 0.2) is 0 Å². The second-order valence-electron chi connectivity index (χ2n) is 7.75. The Morgan fingerprint density at radius 2 is 1.81 bits per heavy atom. The van der Waals surface area contributed by atoms with Gasteiger partial charge in [0.15, 0.2) is 0 Å². The zero-order valence-corrected chi connectivity index (χ0v) is 14.2. The summed E-state index contributed by atoms with van der Waals surface area (Å²) >= 11 is 0. The first-order chi connectivity index (χ1) is 10.2. The van der Waals surface area contributed by atoms with Gasteiger partial charge in [0.25, 0.3) is 0 Å². The Balaban J connectivity index is 2.02. The van der Waals surface area contributed by atoms with E-state index in [-0.39, 0.29) is 0 Å². The predicted octanol–water partition coefficient (Wildman–Crippen LogP) is 3.17. The Kier molecular flexibility index (Phi) is 6.97. The SMILES string of the molecule is CC(C)NCC1(CN2CCCCC2CO)CCCCCC1. The summed E-state index contributed by atoms with van der Waals surface area (Å²) in [5.41, 5.74) is 0.436. The third-order valence-electron chi connectivity index (χ3n) is 5.55. The van der Waals surface area contributed by atoms with Crippen molar-refractivity contribution >= 4 is 0 Å². The molecule has 3 heteroatoms. The maximum absolute atomic E-state index is 9.69. The number of rotatable bonds is 6. The molecule has 124 valence electrons. The van der Waals surface area contributed by atoms with Crippen molar-refractivity contribution in [3.63, 3.8) is 0 Å². The van der Waals surface area contributed by atoms with Gasteiger partial charge in [0.2, 0.25) is 0 Å². The first kappa shape index (κ1) is 17.2. The number of hydrogen-bond acceptors (Lipinski definition) is 3. The van der Waals surface area contributed by atoms with Crippen LogP contribution in [0.4, 0.5) is 0 Å². The van der Waals surface area contributed by atoms with E-state index in [1.54, 1.807) is 0 Å². The van der Waals surface area contributed by atoms with Crippen molar-refractivity contribution in [3.05, 3.63) is 0 Å². The lowest BCUT2D eigenvalue weighted by molar-refractivity contribution is 0.0395. The van der Waals surface area contributed by atoms with Crippen molar-refractivity contribution in [1.82, 2.24) is 10.2 Å². The van der Waals surface area contributed by atoms with Gasteiger partial charge in [-0.1, -0.05) is 46.0 Å². The van der Waals surface area contributed by atoms with Crippen LogP contribution in [0.5, 0.6) is 0 Å². The topological polar surface area (TPSA) is 35.5 Å². The molecule has 0 aromatic heterocycles. The molecule has 1 heterocycles. The van der Waals surface area contributed by atoms with E-state index in [0.29, 0.717) is 24.1 Å². The van der Waals surface area contributed by atoms with Crippen molar-refractivity contribution in [1.29, 1.82) is 0 Å². The molecule has 1 atom stereocenters. The van der Waals surface area contributed by atoms with Crippen LogP contribution in [0.3, 0.4) is 0 Å². The van der Waals surface area contributed by atoms with Gasteiger partial charge in [-0.3, -0.25) is 4.90 Å². The third kappa shape index (κ3) is 5.22. The fraction of sp³-hybridized carbons (Fsp3) is 1.00. The van der Waals surface area contributed by atoms with Crippen LogP contribution in [0.2, 0.25) is 0 Å². The van der Waals surface area contributed by atoms with E-state index in [0.717, 1.165) is 6.54 Å². The first-order valence-corrected chi connectivity index (χ1v) is 9.23. The standard InChI is InChI=1S/C18H36N2O/c1-16(2)19-14-18(10-6-3-4-7-11-18)15-20-12-8-5-9-17(20)13-21/h16-17,19,21H,3-15H2,1-2H3. The molecule has 2 fully saturated rings. The van der Waals surface area contributed by atoms with Crippen LogP contribution >= 0.6 is 0 Å². The molecule has 0 spiro atoms. The minimum atomic E-state index is 0.341. The summed E-state index contributed by atoms with van der Waals surface area (Å²) in [6.07, 6.45) is 12.1. The number of nitrogens with zero attached hydrogens (tertiary/aromatic N) is 1. The second kappa shape index (κ2) is 8.50. The van der Waals surface area contributed by atoms with Gasteiger partial charge >= 0.3 is 0 Å². The van der Waals surface area contributed by atoms with Crippen LogP contribution in [0.25, 0.3) is 0 Å². The molecule has 2 rings (SSSR count). The summed E-state index contributed by atoms with van der Waals surface area (Å²) in [5, 5.41) is 13.4. The molecule has 1 saturated carbocycles. The maximum Gasteiger partial charge on any atom is 0.0586 e. The highest BCUT2D eigenvalue weighted by Gasteiger charge is 2.35. The Labute approximate surface area is 131 Å². The zero-order chi connectivity index (χ0) is 15.1. The molecule has 0 aromatic rings. The van der Waals surface area contributed by atoms with E-state index in [9.17, 15) is 5.11 Å². The molecule has 2 aliphatic rings. The van der Waals surface area contributed by atoms with Crippen molar-refractivity contribution in [2.24, 2.45) is 5.41 Å². The lowest BCUT2D eigenvalue weighted by Crippen LogP contribution is -2.51. The minimum absolute atomic E-state index is 0.341. The molecular weight excluding hydrogens is 260 g/mol. The normalized spacial score (nSPS) is 27.7. The number of hydrogen-bond donors (Lipinski definition) is 2. The Bertz CT molecular complexity index is 285. The highest BCUT2D eigenvalue weighted by molar-refractivity contribution is 4.90. The number of piperidine rings is 1. The van der Waals surface area contributed by atoms with Gasteiger partial charge in [-0.2, -0.15) is 0 Å². The van der Waals surface area contributed by atoms with E-state index >= 15 is 0 Å². The van der Waals surface area contributed by atoms with Crippen molar-refractivity contribution in [3.8, 4) is 0 Å². The van der Waals surface area contributed by atoms with Gasteiger partial charge in [-0.25, -0.2) is 0 Å². The molecule has 1 aliphatic carbocycles. The van der Waals surface area contributed by atoms with Crippen molar-refractivity contribution in [2.75, 3.05) is 26.2 Å². The van der Waals surface area contributed by atoms with Gasteiger partial charge in [-0.15, -0.1) is 0 Å². The van der Waals surface area contributed by atoms with E-state index in [1.807, 2.05) is 0 Å². The largest absolute Gasteiger partial charge is 0.395 e. The smallest absolute Gasteiger partial charge is 0.0586 e. The fourth-order valence-electron chi connectivity index (χ4n) is 4.20. The van der Waals surface area contributed by atoms with Gasteiger partial charge in [0.05, 0.1) is 6.61 Å². The monoisotopic (exact) mass is 296 g/mol. The lowest BCUT2D eigenvalue weighted by atomic mass is 9.78. The van der Waals surface area contributed by atoms with Gasteiger partial charge < -0.3 is 10.4 Å². The summed E-state index contributed by atoms with van der Waals surface area (Å²) in [6, 6.07) is 0.984. The minimum Gasteiger partial charge on any atom is -0.395 e. The Hall–Kier alpha value is -0.120. The number of aliphatic hydroxyl groups excluding tert-OH is 1. The summed E-state index contributed by atoms with van der Waals surface area (Å²) in [4.78, 5) is 2.61. The van der Waals surface area contributed by atoms with Crippen molar-refractivity contribution < 1.29 is 5.11 Å². The van der Waals surface area contributed by atoms with Gasteiger partial charge in [-0.05, 0) is 37.6 Å². The summed E-state index contributed by atoms with van der Waals surface area (Å²) in [6.45, 7) is 8.38. The number of likely N-dealkylation sites (tertiary alicyclic amines) is 1. The molecule has 2 N–H and O–H groups in total. The number of aliphatic hydroxyl groups is 1. The van der Waals surface area contributed by atoms with E-state index in [2.05, 4.69) is 24.1 Å². The molecule has 1 saturated heterocycles. The molecule has 0 amide bonds. The van der Waals surface area contributed by atoms with Gasteiger partial charge in [0, 0.05) is 25.2 Å². The number of nitrogens with one attached hydrogen (secondary N) is 1. The van der Waals surface area contributed by atoms with Crippen molar-refractivity contribution in [2.45, 2.75) is 83.7 Å². The first-order valence-electron chi connectivity index (χ1n) is 9.23. The Morgan fingerprint density at radius 3 is 2.43 bits per heavy atom. The van der Waals surface area contributed by atoms with Crippen LogP contribution in [-0.2, 0) is 0 Å². The summed E-state index contributed by atoms with van der Waals surface area (Å²) in [5.74, 6) is 0. The van der Waals surface area contributed by atoms with E-state index in [4.69, 9.17) is 0 Å². The van der Waals surface area contributed by atoms with E-state index in [1.165, 1.54) is 70.9 Å². The van der Waals surface area contributed by atoms with Crippen LogP contribution < -0.4 is 5.32 Å². The third-order valence-corrected chi connectivity index (χ3v) is 5.55. The molecule has 1 unspecified atom stereocenters. The summed E-state index contributed by atoms with van der Waals surface area (Å²) in [7, 11) is 0. The second-order valence-corrected chi connectivity index (χ2v) is 7.75. The summed E-state index contributed by atoms with van der Waals surface area (Å²) < 4.78 is 0.